The largest absolute Gasteiger partial charge is 0.304 e. The van der Waals surface area contributed by atoms with Crippen molar-refractivity contribution in [2.75, 3.05) is 19.5 Å². The molecule has 0 spiro atoms. The molecule has 0 amide bonds. The Kier molecular flexibility index (Phi) is 2.62. The van der Waals surface area contributed by atoms with Gasteiger partial charge in [0.25, 0.3) is 0 Å². The van der Waals surface area contributed by atoms with Crippen molar-refractivity contribution in [2.45, 2.75) is 0 Å². The highest BCUT2D eigenvalue weighted by Gasteiger charge is 1.95. The summed E-state index contributed by atoms with van der Waals surface area (Å²) < 4.78 is 0. The van der Waals surface area contributed by atoms with E-state index in [0.29, 0.717) is 11.4 Å². The molecule has 12 heavy (non-hydrogen) atoms. The normalized spacial score (nSPS) is 9.50. The fraction of sp³-hybridized carbons (Fsp3) is 0.250. The Bertz CT molecular complexity index is 300. The van der Waals surface area contributed by atoms with Crippen molar-refractivity contribution in [1.82, 2.24) is 9.99 Å². The molecule has 0 fully saturated rings. The molecule has 0 saturated carbocycles. The Morgan fingerprint density at radius 3 is 2.92 bits per heavy atom. The Balaban J connectivity index is 2.81. The molecule has 0 unspecified atom stereocenters. The number of pyridine rings is 1. The molecule has 1 aromatic rings. The number of nitrogens with zero attached hydrogens (tertiary/aromatic N) is 3. The fourth-order valence-electron chi connectivity index (χ4n) is 0.790. The molecule has 62 valence electrons. The van der Waals surface area contributed by atoms with Gasteiger partial charge < -0.3 is 5.43 Å². The van der Waals surface area contributed by atoms with Crippen LogP contribution in [0.4, 0.5) is 5.82 Å². The SMILES string of the molecule is CN(C)Nc1cc(C#N)ccn1. The Morgan fingerprint density at radius 1 is 1.58 bits per heavy atom. The molecule has 0 aliphatic heterocycles. The fourth-order valence-corrected chi connectivity index (χ4v) is 0.790. The first kappa shape index (κ1) is 8.50. The predicted octanol–water partition coefficient (Wildman–Crippen LogP) is 0.842. The van der Waals surface area contributed by atoms with Gasteiger partial charge in [-0.05, 0) is 12.1 Å². The maximum absolute atomic E-state index is 8.58. The predicted molar refractivity (Wildman–Crippen MR) is 46.3 cm³/mol. The van der Waals surface area contributed by atoms with Gasteiger partial charge in [-0.15, -0.1) is 0 Å². The maximum atomic E-state index is 8.58. The highest BCUT2D eigenvalue weighted by Crippen LogP contribution is 2.04. The van der Waals surface area contributed by atoms with Crippen molar-refractivity contribution < 1.29 is 0 Å². The topological polar surface area (TPSA) is 52.0 Å². The third-order valence-electron chi connectivity index (χ3n) is 1.23. The summed E-state index contributed by atoms with van der Waals surface area (Å²) in [5, 5.41) is 10.3. The minimum Gasteiger partial charge on any atom is -0.304 e. The van der Waals surface area contributed by atoms with Gasteiger partial charge >= 0.3 is 0 Å². The summed E-state index contributed by atoms with van der Waals surface area (Å²) in [6.45, 7) is 0. The van der Waals surface area contributed by atoms with Crippen molar-refractivity contribution in [3.05, 3.63) is 23.9 Å². The quantitative estimate of drug-likeness (QED) is 0.655. The van der Waals surface area contributed by atoms with Crippen molar-refractivity contribution in [3.63, 3.8) is 0 Å². The summed E-state index contributed by atoms with van der Waals surface area (Å²) >= 11 is 0. The lowest BCUT2D eigenvalue weighted by atomic mass is 10.3. The van der Waals surface area contributed by atoms with E-state index < -0.39 is 0 Å². The lowest BCUT2D eigenvalue weighted by Crippen LogP contribution is -2.20. The van der Waals surface area contributed by atoms with Crippen LogP contribution in [0.2, 0.25) is 0 Å². The van der Waals surface area contributed by atoms with E-state index in [4.69, 9.17) is 5.26 Å². The van der Waals surface area contributed by atoms with Crippen molar-refractivity contribution in [3.8, 4) is 6.07 Å². The van der Waals surface area contributed by atoms with Gasteiger partial charge in [-0.3, -0.25) is 0 Å². The second kappa shape index (κ2) is 3.69. The van der Waals surface area contributed by atoms with Crippen LogP contribution in [0.3, 0.4) is 0 Å². The number of anilines is 1. The van der Waals surface area contributed by atoms with Gasteiger partial charge in [0.2, 0.25) is 0 Å². The van der Waals surface area contributed by atoms with Crippen LogP contribution in [0, 0.1) is 11.3 Å². The third kappa shape index (κ3) is 2.22. The molecule has 0 aromatic carbocycles. The van der Waals surface area contributed by atoms with Gasteiger partial charge in [0, 0.05) is 20.3 Å². The smallest absolute Gasteiger partial charge is 0.141 e. The van der Waals surface area contributed by atoms with Crippen molar-refractivity contribution >= 4 is 5.82 Å². The number of nitriles is 1. The number of hydrazine groups is 1. The Labute approximate surface area is 71.4 Å². The molecule has 1 aromatic heterocycles. The molecule has 1 heterocycles. The maximum Gasteiger partial charge on any atom is 0.141 e. The molecule has 0 atom stereocenters. The first-order valence-electron chi connectivity index (χ1n) is 3.52. The molecule has 0 bridgehead atoms. The van der Waals surface area contributed by atoms with Gasteiger partial charge in [-0.25, -0.2) is 9.99 Å². The number of rotatable bonds is 2. The summed E-state index contributed by atoms with van der Waals surface area (Å²) in [5.74, 6) is 0.680. The van der Waals surface area contributed by atoms with Gasteiger partial charge in [-0.2, -0.15) is 5.26 Å². The number of aromatic nitrogens is 1. The molecule has 4 nitrogen and oxygen atoms in total. The summed E-state index contributed by atoms with van der Waals surface area (Å²) in [4.78, 5) is 4.02. The van der Waals surface area contributed by atoms with Gasteiger partial charge in [0.05, 0.1) is 11.6 Å². The van der Waals surface area contributed by atoms with Crippen LogP contribution in [0.5, 0.6) is 0 Å². The molecular weight excluding hydrogens is 152 g/mol. The van der Waals surface area contributed by atoms with Gasteiger partial charge in [0.1, 0.15) is 5.82 Å². The second-order valence-corrected chi connectivity index (χ2v) is 2.55. The molecule has 4 heteroatoms. The lowest BCUT2D eigenvalue weighted by Gasteiger charge is -2.11. The zero-order chi connectivity index (χ0) is 8.97. The van der Waals surface area contributed by atoms with E-state index in [2.05, 4.69) is 10.4 Å². The van der Waals surface area contributed by atoms with E-state index in [1.807, 2.05) is 20.2 Å². The van der Waals surface area contributed by atoms with Crippen LogP contribution < -0.4 is 5.43 Å². The highest BCUT2D eigenvalue weighted by atomic mass is 15.5. The van der Waals surface area contributed by atoms with E-state index in [1.54, 1.807) is 23.3 Å². The third-order valence-corrected chi connectivity index (χ3v) is 1.23. The first-order valence-corrected chi connectivity index (χ1v) is 3.52. The van der Waals surface area contributed by atoms with Gasteiger partial charge in [0.15, 0.2) is 0 Å². The van der Waals surface area contributed by atoms with Gasteiger partial charge in [-0.1, -0.05) is 0 Å². The average Bonchev–Trinajstić information content (AvgIpc) is 2.03. The van der Waals surface area contributed by atoms with Crippen LogP contribution in [-0.2, 0) is 0 Å². The molecule has 1 N–H and O–H groups in total. The standard InChI is InChI=1S/C8H10N4/c1-12(2)11-8-5-7(6-9)3-4-10-8/h3-5H,1-2H3,(H,10,11). The summed E-state index contributed by atoms with van der Waals surface area (Å²) in [7, 11) is 3.72. The van der Waals surface area contributed by atoms with Crippen LogP contribution in [-0.4, -0.2) is 24.1 Å². The summed E-state index contributed by atoms with van der Waals surface area (Å²) in [5.41, 5.74) is 3.56. The molecular formula is C8H10N4. The van der Waals surface area contributed by atoms with E-state index >= 15 is 0 Å². The first-order chi connectivity index (χ1) is 5.72. The Hall–Kier alpha value is -1.60. The van der Waals surface area contributed by atoms with Crippen LogP contribution >= 0.6 is 0 Å². The Morgan fingerprint density at radius 2 is 2.33 bits per heavy atom. The monoisotopic (exact) mass is 162 g/mol. The van der Waals surface area contributed by atoms with E-state index in [1.165, 1.54) is 0 Å². The van der Waals surface area contributed by atoms with Crippen LogP contribution in [0.15, 0.2) is 18.3 Å². The van der Waals surface area contributed by atoms with Crippen LogP contribution in [0.1, 0.15) is 5.56 Å². The van der Waals surface area contributed by atoms with E-state index in [9.17, 15) is 0 Å². The molecule has 0 aliphatic rings. The molecule has 0 saturated heterocycles. The van der Waals surface area contributed by atoms with Crippen LogP contribution in [0.25, 0.3) is 0 Å². The van der Waals surface area contributed by atoms with Crippen molar-refractivity contribution in [2.24, 2.45) is 0 Å². The molecule has 0 aliphatic carbocycles. The summed E-state index contributed by atoms with van der Waals surface area (Å²) in [6.07, 6.45) is 1.60. The highest BCUT2D eigenvalue weighted by molar-refractivity contribution is 5.41. The molecule has 1 rings (SSSR count). The zero-order valence-electron chi connectivity index (χ0n) is 7.07. The van der Waals surface area contributed by atoms with E-state index in [-0.39, 0.29) is 0 Å². The number of nitrogens with one attached hydrogen (secondary N) is 1. The molecule has 0 radical (unpaired) electrons. The van der Waals surface area contributed by atoms with E-state index in [0.717, 1.165) is 0 Å². The lowest BCUT2D eigenvalue weighted by molar-refractivity contribution is 0.492. The van der Waals surface area contributed by atoms with Crippen molar-refractivity contribution in [1.29, 1.82) is 5.26 Å². The number of hydrogen-bond donors (Lipinski definition) is 1. The second-order valence-electron chi connectivity index (χ2n) is 2.55. The minimum atomic E-state index is 0.606. The zero-order valence-corrected chi connectivity index (χ0v) is 7.07. The minimum absolute atomic E-state index is 0.606. The number of hydrogen-bond acceptors (Lipinski definition) is 4. The average molecular weight is 162 g/mol. The summed E-state index contributed by atoms with van der Waals surface area (Å²) in [6, 6.07) is 5.40.